The second kappa shape index (κ2) is 13.4. The van der Waals surface area contributed by atoms with Crippen LogP contribution in [-0.2, 0) is 40.3 Å². The van der Waals surface area contributed by atoms with Crippen LogP contribution in [0.4, 0.5) is 5.82 Å². The highest BCUT2D eigenvalue weighted by molar-refractivity contribution is 6.06. The first-order valence-electron chi connectivity index (χ1n) is 14.5. The van der Waals surface area contributed by atoms with Gasteiger partial charge in [-0.3, -0.25) is 4.79 Å². The number of rotatable bonds is 14. The lowest BCUT2D eigenvalue weighted by Crippen LogP contribution is -2.36. The maximum Gasteiger partial charge on any atom is 0.222 e. The van der Waals surface area contributed by atoms with Gasteiger partial charge in [0.2, 0.25) is 5.91 Å². The summed E-state index contributed by atoms with van der Waals surface area (Å²) in [5, 5.41) is 3.89. The van der Waals surface area contributed by atoms with E-state index in [1.54, 1.807) is 0 Å². The molecule has 0 unspecified atom stereocenters. The number of anilines is 1. The molecule has 0 spiro atoms. The number of nitrogens with zero attached hydrogens (tertiary/aromatic N) is 3. The zero-order valence-corrected chi connectivity index (χ0v) is 25.0. The van der Waals surface area contributed by atoms with Crippen LogP contribution in [0.2, 0.25) is 0 Å². The highest BCUT2D eigenvalue weighted by Crippen LogP contribution is 2.32. The van der Waals surface area contributed by atoms with Crippen LogP contribution in [0, 0.1) is 5.92 Å². The van der Waals surface area contributed by atoms with E-state index in [2.05, 4.69) is 52.3 Å². The minimum Gasteiger partial charge on any atom is -0.382 e. The highest BCUT2D eigenvalue weighted by atomic mass is 16.5. The fourth-order valence-electron chi connectivity index (χ4n) is 4.95. The molecular formula is C32H44N6O3. The number of hydrogen-bond donors (Lipinski definition) is 3. The van der Waals surface area contributed by atoms with Crippen molar-refractivity contribution in [3.05, 3.63) is 65.0 Å². The number of carbonyl (C=O) groups excluding carboxylic acids is 1. The van der Waals surface area contributed by atoms with Crippen molar-refractivity contribution in [2.75, 3.05) is 32.0 Å². The van der Waals surface area contributed by atoms with Crippen LogP contribution in [0.15, 0.2) is 42.5 Å². The van der Waals surface area contributed by atoms with E-state index in [0.29, 0.717) is 50.8 Å². The Morgan fingerprint density at radius 3 is 2.46 bits per heavy atom. The van der Waals surface area contributed by atoms with Crippen molar-refractivity contribution in [2.24, 2.45) is 11.7 Å². The van der Waals surface area contributed by atoms with E-state index in [0.717, 1.165) is 40.6 Å². The fourth-order valence-corrected chi connectivity index (χ4v) is 4.95. The van der Waals surface area contributed by atoms with Crippen LogP contribution in [0.1, 0.15) is 57.1 Å². The Bertz CT molecular complexity index is 1480. The van der Waals surface area contributed by atoms with Gasteiger partial charge < -0.3 is 30.8 Å². The van der Waals surface area contributed by atoms with E-state index in [1.165, 1.54) is 11.1 Å². The first-order chi connectivity index (χ1) is 19.6. The third-order valence-electron chi connectivity index (χ3n) is 7.10. The lowest BCUT2D eigenvalue weighted by atomic mass is 10.0. The van der Waals surface area contributed by atoms with Crippen molar-refractivity contribution < 1.29 is 14.3 Å². The number of fused-ring (bicyclic) bond motifs is 3. The number of nitrogen functional groups attached to an aromatic ring is 1. The summed E-state index contributed by atoms with van der Waals surface area (Å²) in [6, 6.07) is 15.0. The molecule has 0 bridgehead atoms. The lowest BCUT2D eigenvalue weighted by molar-refractivity contribution is -0.124. The number of aromatic nitrogens is 3. The molecule has 0 atom stereocenters. The summed E-state index contributed by atoms with van der Waals surface area (Å²) in [4.78, 5) is 21.5. The van der Waals surface area contributed by atoms with Crippen LogP contribution in [0.3, 0.4) is 0 Å². The number of benzene rings is 2. The molecule has 0 fully saturated rings. The van der Waals surface area contributed by atoms with E-state index in [1.807, 2.05) is 34.6 Å². The van der Waals surface area contributed by atoms with E-state index in [9.17, 15) is 4.79 Å². The molecule has 0 aliphatic heterocycles. The van der Waals surface area contributed by atoms with Crippen molar-refractivity contribution in [2.45, 2.75) is 66.2 Å². The second-order valence-corrected chi connectivity index (χ2v) is 11.4. The van der Waals surface area contributed by atoms with Gasteiger partial charge >= 0.3 is 0 Å². The molecule has 2 aromatic heterocycles. The summed E-state index contributed by atoms with van der Waals surface area (Å²) in [6.45, 7) is 12.7. The summed E-state index contributed by atoms with van der Waals surface area (Å²) in [5.74, 6) is 1.12. The van der Waals surface area contributed by atoms with Crippen LogP contribution in [0.5, 0.6) is 0 Å². The van der Waals surface area contributed by atoms with Gasteiger partial charge in [0.15, 0.2) is 5.82 Å². The number of pyridine rings is 1. The molecule has 0 aliphatic rings. The second-order valence-electron chi connectivity index (χ2n) is 11.4. The average Bonchev–Trinajstić information content (AvgIpc) is 3.29. The smallest absolute Gasteiger partial charge is 0.222 e. The zero-order chi connectivity index (χ0) is 29.6. The number of carbonyl (C=O) groups is 1. The first kappa shape index (κ1) is 30.4. The van der Waals surface area contributed by atoms with Crippen molar-refractivity contribution in [3.8, 4) is 0 Å². The number of imidazole rings is 1. The van der Waals surface area contributed by atoms with E-state index < -0.39 is 5.60 Å². The summed E-state index contributed by atoms with van der Waals surface area (Å²) in [5.41, 5.74) is 17.7. The Morgan fingerprint density at radius 2 is 1.78 bits per heavy atom. The number of nitrogens with two attached hydrogens (primary N) is 2. The SMILES string of the molecule is CCOCc1nc2c(N)nc3cc(Cc4ccc(CCN)cc4)ccc3c2n1CC(C)(C)OCCNC(=O)C(C)C. The molecule has 2 heterocycles. The molecule has 0 saturated carbocycles. The van der Waals surface area contributed by atoms with Crippen LogP contribution in [-0.4, -0.2) is 52.3 Å². The number of ether oxygens (including phenoxy) is 2. The molecule has 5 N–H and O–H groups in total. The van der Waals surface area contributed by atoms with Crippen molar-refractivity contribution >= 4 is 33.7 Å². The Morgan fingerprint density at radius 1 is 1.07 bits per heavy atom. The van der Waals surface area contributed by atoms with Gasteiger partial charge in [-0.2, -0.15) is 0 Å². The summed E-state index contributed by atoms with van der Waals surface area (Å²) >= 11 is 0. The van der Waals surface area contributed by atoms with Crippen molar-refractivity contribution in [1.82, 2.24) is 19.9 Å². The fraction of sp³-hybridized carbons (Fsp3) is 0.469. The Balaban J connectivity index is 1.64. The van der Waals surface area contributed by atoms with Gasteiger partial charge in [0.05, 0.1) is 29.8 Å². The summed E-state index contributed by atoms with van der Waals surface area (Å²) < 4.78 is 14.2. The Hall–Kier alpha value is -3.53. The summed E-state index contributed by atoms with van der Waals surface area (Å²) in [6.07, 6.45) is 1.67. The molecule has 41 heavy (non-hydrogen) atoms. The molecule has 4 rings (SSSR count). The standard InChI is InChI=1S/C32H44N6O3/c1-6-40-19-27-37-28-29(38(27)20-32(4,5)41-16-15-35-31(39)21(2)3)25-12-11-24(18-26(25)36-30(28)34)17-23-9-7-22(8-10-23)13-14-33/h7-12,18,21H,6,13-17,19-20,33H2,1-5H3,(H2,34,36)(H,35,39). The Labute approximate surface area is 242 Å². The number of hydrogen-bond acceptors (Lipinski definition) is 7. The van der Waals surface area contributed by atoms with Crippen LogP contribution < -0.4 is 16.8 Å². The predicted octanol–water partition coefficient (Wildman–Crippen LogP) is 4.36. The number of amides is 1. The molecule has 9 nitrogen and oxygen atoms in total. The highest BCUT2D eigenvalue weighted by Gasteiger charge is 2.25. The Kier molecular flexibility index (Phi) is 9.96. The molecule has 9 heteroatoms. The van der Waals surface area contributed by atoms with Crippen LogP contribution >= 0.6 is 0 Å². The number of nitrogens with one attached hydrogen (secondary N) is 1. The monoisotopic (exact) mass is 560 g/mol. The topological polar surface area (TPSA) is 130 Å². The van der Waals surface area contributed by atoms with Crippen molar-refractivity contribution in [1.29, 1.82) is 0 Å². The van der Waals surface area contributed by atoms with Gasteiger partial charge in [0.1, 0.15) is 17.9 Å². The molecule has 4 aromatic rings. The van der Waals surface area contributed by atoms with E-state index in [4.69, 9.17) is 30.9 Å². The summed E-state index contributed by atoms with van der Waals surface area (Å²) in [7, 11) is 0. The van der Waals surface area contributed by atoms with Gasteiger partial charge in [-0.1, -0.05) is 50.2 Å². The minimum atomic E-state index is -0.544. The van der Waals surface area contributed by atoms with Gasteiger partial charge in [0, 0.05) is 24.5 Å². The van der Waals surface area contributed by atoms with E-state index >= 15 is 0 Å². The quantitative estimate of drug-likeness (QED) is 0.195. The molecule has 2 aromatic carbocycles. The maximum absolute atomic E-state index is 11.9. The molecule has 0 aliphatic carbocycles. The molecule has 1 amide bonds. The first-order valence-corrected chi connectivity index (χ1v) is 14.5. The minimum absolute atomic E-state index is 0.0171. The predicted molar refractivity (Wildman–Crippen MR) is 165 cm³/mol. The largest absolute Gasteiger partial charge is 0.382 e. The van der Waals surface area contributed by atoms with Gasteiger partial charge in [0.25, 0.3) is 0 Å². The van der Waals surface area contributed by atoms with Crippen molar-refractivity contribution in [3.63, 3.8) is 0 Å². The normalized spacial score (nSPS) is 12.1. The third-order valence-corrected chi connectivity index (χ3v) is 7.10. The maximum atomic E-state index is 11.9. The van der Waals surface area contributed by atoms with Gasteiger partial charge in [-0.05, 0) is 62.9 Å². The van der Waals surface area contributed by atoms with Crippen LogP contribution in [0.25, 0.3) is 21.9 Å². The molecule has 0 saturated heterocycles. The zero-order valence-electron chi connectivity index (χ0n) is 25.0. The molecule has 0 radical (unpaired) electrons. The van der Waals surface area contributed by atoms with Gasteiger partial charge in [-0.15, -0.1) is 0 Å². The third kappa shape index (κ3) is 7.61. The van der Waals surface area contributed by atoms with E-state index in [-0.39, 0.29) is 11.8 Å². The molecule has 220 valence electrons. The molecular weight excluding hydrogens is 516 g/mol. The average molecular weight is 561 g/mol. The lowest BCUT2D eigenvalue weighted by Gasteiger charge is -2.27. The van der Waals surface area contributed by atoms with Gasteiger partial charge in [-0.25, -0.2) is 9.97 Å².